The quantitative estimate of drug-likeness (QED) is 0.336. The number of pyridine rings is 1. The Morgan fingerprint density at radius 1 is 1.00 bits per heavy atom. The molecule has 38 heavy (non-hydrogen) atoms. The predicted molar refractivity (Wildman–Crippen MR) is 147 cm³/mol. The van der Waals surface area contributed by atoms with Crippen molar-refractivity contribution in [2.75, 3.05) is 43.9 Å². The van der Waals surface area contributed by atoms with Gasteiger partial charge in [-0.1, -0.05) is 18.2 Å². The van der Waals surface area contributed by atoms with Gasteiger partial charge in [-0.05, 0) is 62.0 Å². The number of anilines is 3. The molecule has 194 valence electrons. The van der Waals surface area contributed by atoms with Gasteiger partial charge in [0, 0.05) is 72.8 Å². The maximum atomic E-state index is 15.0. The van der Waals surface area contributed by atoms with Gasteiger partial charge < -0.3 is 15.5 Å². The van der Waals surface area contributed by atoms with Crippen LogP contribution in [-0.4, -0.2) is 63.9 Å². The minimum atomic E-state index is -1.18. The second-order valence-corrected chi connectivity index (χ2v) is 9.41. The molecule has 1 amide bonds. The van der Waals surface area contributed by atoms with Gasteiger partial charge >= 0.3 is 0 Å². The van der Waals surface area contributed by atoms with Crippen molar-refractivity contribution in [3.05, 3.63) is 95.9 Å². The SMILES string of the molecule is Cc1ccc(NC(=O)c2ccc(C(F)N3CCN(C)CC3)cc2)cc1Nc1nccc(-c2cccnc2)n1. The standard InChI is InChI=1S/C29H30FN7O/c1-20-5-10-24(18-26(20)35-29-32-13-11-25(34-29)23-4-3-12-31-19-23)33-28(38)22-8-6-21(7-9-22)27(30)37-16-14-36(2)15-17-37/h3-13,18-19,27H,14-17H2,1-2H3,(H,33,38)(H,32,34,35). The lowest BCUT2D eigenvalue weighted by Gasteiger charge is -2.34. The van der Waals surface area contributed by atoms with Crippen molar-refractivity contribution in [2.45, 2.75) is 13.2 Å². The van der Waals surface area contributed by atoms with E-state index in [4.69, 9.17) is 0 Å². The second kappa shape index (κ2) is 11.5. The number of carbonyl (C=O) groups excluding carboxylic acids is 1. The lowest BCUT2D eigenvalue weighted by molar-refractivity contribution is 0.0385. The summed E-state index contributed by atoms with van der Waals surface area (Å²) in [6.07, 6.45) is 3.98. The van der Waals surface area contributed by atoms with Crippen molar-refractivity contribution in [1.82, 2.24) is 24.8 Å². The number of halogens is 1. The summed E-state index contributed by atoms with van der Waals surface area (Å²) >= 11 is 0. The van der Waals surface area contributed by atoms with Gasteiger partial charge in [-0.25, -0.2) is 14.4 Å². The van der Waals surface area contributed by atoms with E-state index in [0.717, 1.165) is 35.6 Å². The predicted octanol–water partition coefficient (Wildman–Crippen LogP) is 5.06. The normalized spacial score (nSPS) is 15.1. The summed E-state index contributed by atoms with van der Waals surface area (Å²) in [7, 11) is 2.04. The zero-order valence-corrected chi connectivity index (χ0v) is 21.4. The third kappa shape index (κ3) is 6.01. The highest BCUT2D eigenvalue weighted by atomic mass is 19.1. The maximum Gasteiger partial charge on any atom is 0.255 e. The summed E-state index contributed by atoms with van der Waals surface area (Å²) in [5.74, 6) is 0.172. The van der Waals surface area contributed by atoms with E-state index in [-0.39, 0.29) is 5.91 Å². The van der Waals surface area contributed by atoms with Crippen molar-refractivity contribution in [1.29, 1.82) is 0 Å². The van der Waals surface area contributed by atoms with Crippen LogP contribution in [0, 0.1) is 6.92 Å². The first-order valence-electron chi connectivity index (χ1n) is 12.6. The molecule has 1 aliphatic rings. The van der Waals surface area contributed by atoms with Crippen LogP contribution in [0.5, 0.6) is 0 Å². The summed E-state index contributed by atoms with van der Waals surface area (Å²) in [6, 6.07) is 17.9. The number of likely N-dealkylation sites (N-methyl/N-ethyl adjacent to an activating group) is 1. The molecule has 0 radical (unpaired) electrons. The molecule has 2 N–H and O–H groups in total. The highest BCUT2D eigenvalue weighted by molar-refractivity contribution is 6.04. The van der Waals surface area contributed by atoms with E-state index in [2.05, 4.69) is 30.5 Å². The number of aromatic nitrogens is 3. The highest BCUT2D eigenvalue weighted by Gasteiger charge is 2.23. The smallest absolute Gasteiger partial charge is 0.255 e. The Labute approximate surface area is 221 Å². The van der Waals surface area contributed by atoms with Crippen LogP contribution in [0.3, 0.4) is 0 Å². The number of carbonyl (C=O) groups is 1. The van der Waals surface area contributed by atoms with E-state index in [9.17, 15) is 9.18 Å². The van der Waals surface area contributed by atoms with Gasteiger partial charge in [0.25, 0.3) is 5.91 Å². The van der Waals surface area contributed by atoms with Crippen molar-refractivity contribution in [3.63, 3.8) is 0 Å². The molecular formula is C29H30FN7O. The Bertz CT molecular complexity index is 1390. The average molecular weight is 512 g/mol. The van der Waals surface area contributed by atoms with E-state index in [1.54, 1.807) is 42.9 Å². The molecule has 8 nitrogen and oxygen atoms in total. The number of hydrogen-bond donors (Lipinski definition) is 2. The summed E-state index contributed by atoms with van der Waals surface area (Å²) in [5.41, 5.74) is 5.03. The van der Waals surface area contributed by atoms with Gasteiger partial charge in [0.05, 0.1) is 5.69 Å². The van der Waals surface area contributed by atoms with Crippen molar-refractivity contribution in [2.24, 2.45) is 0 Å². The molecule has 0 bridgehead atoms. The molecule has 0 spiro atoms. The Morgan fingerprint density at radius 2 is 1.79 bits per heavy atom. The van der Waals surface area contributed by atoms with Gasteiger partial charge in [-0.3, -0.25) is 14.7 Å². The number of rotatable bonds is 7. The molecule has 0 saturated carbocycles. The molecular weight excluding hydrogens is 481 g/mol. The van der Waals surface area contributed by atoms with E-state index in [1.165, 1.54) is 0 Å². The fraction of sp³-hybridized carbons (Fsp3) is 0.241. The van der Waals surface area contributed by atoms with Crippen molar-refractivity contribution >= 4 is 23.2 Å². The topological polar surface area (TPSA) is 86.3 Å². The first-order valence-corrected chi connectivity index (χ1v) is 12.6. The molecule has 2 aromatic carbocycles. The number of aryl methyl sites for hydroxylation is 1. The molecule has 2 aromatic heterocycles. The van der Waals surface area contributed by atoms with Crippen LogP contribution in [0.4, 0.5) is 21.7 Å². The number of benzene rings is 2. The summed E-state index contributed by atoms with van der Waals surface area (Å²) in [6.45, 7) is 5.02. The van der Waals surface area contributed by atoms with E-state index < -0.39 is 6.30 Å². The number of piperazine rings is 1. The molecule has 1 saturated heterocycles. The Morgan fingerprint density at radius 3 is 2.53 bits per heavy atom. The minimum Gasteiger partial charge on any atom is -0.324 e. The van der Waals surface area contributed by atoms with Gasteiger partial charge in [-0.15, -0.1) is 0 Å². The van der Waals surface area contributed by atoms with E-state index >= 15 is 0 Å². The fourth-order valence-corrected chi connectivity index (χ4v) is 4.30. The number of nitrogens with one attached hydrogen (secondary N) is 2. The van der Waals surface area contributed by atoms with Crippen LogP contribution in [0.2, 0.25) is 0 Å². The van der Waals surface area contributed by atoms with Crippen molar-refractivity contribution < 1.29 is 9.18 Å². The van der Waals surface area contributed by atoms with Crippen LogP contribution in [0.1, 0.15) is 27.8 Å². The number of amides is 1. The number of alkyl halides is 1. The van der Waals surface area contributed by atoms with E-state index in [0.29, 0.717) is 35.9 Å². The number of hydrogen-bond acceptors (Lipinski definition) is 7. The maximum absolute atomic E-state index is 15.0. The molecule has 1 unspecified atom stereocenters. The van der Waals surface area contributed by atoms with Crippen LogP contribution < -0.4 is 10.6 Å². The van der Waals surface area contributed by atoms with Crippen LogP contribution in [0.25, 0.3) is 11.3 Å². The molecule has 1 atom stereocenters. The Hall–Kier alpha value is -4.21. The second-order valence-electron chi connectivity index (χ2n) is 9.41. The molecule has 1 fully saturated rings. The molecule has 9 heteroatoms. The molecule has 3 heterocycles. The van der Waals surface area contributed by atoms with Crippen LogP contribution in [0.15, 0.2) is 79.3 Å². The average Bonchev–Trinajstić information content (AvgIpc) is 2.95. The van der Waals surface area contributed by atoms with Crippen molar-refractivity contribution in [3.8, 4) is 11.3 Å². The van der Waals surface area contributed by atoms with Gasteiger partial charge in [0.2, 0.25) is 5.95 Å². The van der Waals surface area contributed by atoms with Crippen LogP contribution in [-0.2, 0) is 0 Å². The first kappa shape index (κ1) is 25.4. The zero-order valence-electron chi connectivity index (χ0n) is 21.4. The molecule has 5 rings (SSSR count). The zero-order chi connectivity index (χ0) is 26.5. The summed E-state index contributed by atoms with van der Waals surface area (Å²) in [5, 5.41) is 6.17. The highest BCUT2D eigenvalue weighted by Crippen LogP contribution is 2.26. The van der Waals surface area contributed by atoms with E-state index in [1.807, 2.05) is 55.3 Å². The third-order valence-electron chi connectivity index (χ3n) is 6.66. The van der Waals surface area contributed by atoms with Gasteiger partial charge in [0.1, 0.15) is 0 Å². The third-order valence-corrected chi connectivity index (χ3v) is 6.66. The monoisotopic (exact) mass is 511 g/mol. The molecule has 4 aromatic rings. The summed E-state index contributed by atoms with van der Waals surface area (Å²) < 4.78 is 15.0. The lowest BCUT2D eigenvalue weighted by Crippen LogP contribution is -2.45. The number of nitrogens with zero attached hydrogens (tertiary/aromatic N) is 5. The Balaban J connectivity index is 1.25. The molecule has 0 aliphatic carbocycles. The first-order chi connectivity index (χ1) is 18.5. The van der Waals surface area contributed by atoms with Gasteiger partial charge in [-0.2, -0.15) is 0 Å². The summed E-state index contributed by atoms with van der Waals surface area (Å²) in [4.78, 5) is 30.0. The molecule has 1 aliphatic heterocycles. The van der Waals surface area contributed by atoms with Crippen LogP contribution >= 0.6 is 0 Å². The fourth-order valence-electron chi connectivity index (χ4n) is 4.30. The van der Waals surface area contributed by atoms with Gasteiger partial charge in [0.15, 0.2) is 6.30 Å². The Kier molecular flexibility index (Phi) is 7.67. The largest absolute Gasteiger partial charge is 0.324 e. The lowest BCUT2D eigenvalue weighted by atomic mass is 10.1. The minimum absolute atomic E-state index is 0.267.